The Balaban J connectivity index is 3.67. The van der Waals surface area contributed by atoms with E-state index >= 15 is 0 Å². The van der Waals surface area contributed by atoms with Gasteiger partial charge in [0, 0.05) is 19.0 Å². The van der Waals surface area contributed by atoms with E-state index in [1.165, 1.54) is 0 Å². The zero-order valence-corrected chi connectivity index (χ0v) is 8.26. The van der Waals surface area contributed by atoms with Crippen molar-refractivity contribution in [2.45, 2.75) is 32.2 Å². The van der Waals surface area contributed by atoms with Crippen LogP contribution >= 0.6 is 0 Å². The van der Waals surface area contributed by atoms with Crippen LogP contribution in [0.4, 0.5) is 0 Å². The Morgan fingerprint density at radius 1 is 1.62 bits per heavy atom. The van der Waals surface area contributed by atoms with E-state index in [1.54, 1.807) is 7.05 Å². The fourth-order valence-corrected chi connectivity index (χ4v) is 0.946. The maximum Gasteiger partial charge on any atom is 0.221 e. The Labute approximate surface area is 79.3 Å². The normalized spacial score (nSPS) is 11.8. The first kappa shape index (κ1) is 11.9. The summed E-state index contributed by atoms with van der Waals surface area (Å²) in [4.78, 5) is 11.2. The van der Waals surface area contributed by atoms with Gasteiger partial charge in [-0.2, -0.15) is 5.26 Å². The molecular weight excluding hydrogens is 166 g/mol. The van der Waals surface area contributed by atoms with Gasteiger partial charge in [0.1, 0.15) is 0 Å². The Kier molecular flexibility index (Phi) is 6.93. The lowest BCUT2D eigenvalue weighted by molar-refractivity contribution is -0.121. The third-order valence-corrected chi connectivity index (χ3v) is 1.80. The van der Waals surface area contributed by atoms with Gasteiger partial charge in [0.05, 0.1) is 12.5 Å². The van der Waals surface area contributed by atoms with Crippen LogP contribution in [0.5, 0.6) is 0 Å². The first-order valence-corrected chi connectivity index (χ1v) is 4.55. The van der Waals surface area contributed by atoms with Gasteiger partial charge in [-0.15, -0.1) is 0 Å². The van der Waals surface area contributed by atoms with Crippen molar-refractivity contribution in [3.63, 3.8) is 0 Å². The predicted octanol–water partition coefficient (Wildman–Crippen LogP) is 0.404. The SMILES string of the molecule is CCC(CC#N)NC(=O)CCNC. The van der Waals surface area contributed by atoms with Crippen LogP contribution < -0.4 is 10.6 Å². The number of nitriles is 1. The Morgan fingerprint density at radius 3 is 2.77 bits per heavy atom. The fraction of sp³-hybridized carbons (Fsp3) is 0.778. The molecule has 0 aliphatic carbocycles. The van der Waals surface area contributed by atoms with Crippen LogP contribution in [0.1, 0.15) is 26.2 Å². The van der Waals surface area contributed by atoms with Gasteiger partial charge < -0.3 is 10.6 Å². The van der Waals surface area contributed by atoms with Crippen molar-refractivity contribution in [3.05, 3.63) is 0 Å². The minimum atomic E-state index is 0.00866. The largest absolute Gasteiger partial charge is 0.352 e. The molecule has 13 heavy (non-hydrogen) atoms. The average Bonchev–Trinajstić information content (AvgIpc) is 2.14. The highest BCUT2D eigenvalue weighted by Crippen LogP contribution is 1.96. The first-order chi connectivity index (χ1) is 6.24. The second kappa shape index (κ2) is 7.56. The van der Waals surface area contributed by atoms with Gasteiger partial charge in [-0.3, -0.25) is 4.79 Å². The molecule has 0 rings (SSSR count). The van der Waals surface area contributed by atoms with E-state index in [0.717, 1.165) is 6.42 Å². The van der Waals surface area contributed by atoms with Gasteiger partial charge in [0.25, 0.3) is 0 Å². The summed E-state index contributed by atoms with van der Waals surface area (Å²) in [5.74, 6) is 0.0106. The van der Waals surface area contributed by atoms with E-state index in [0.29, 0.717) is 19.4 Å². The van der Waals surface area contributed by atoms with Crippen LogP contribution in [-0.2, 0) is 4.79 Å². The van der Waals surface area contributed by atoms with Gasteiger partial charge in [0.15, 0.2) is 0 Å². The van der Waals surface area contributed by atoms with Crippen LogP contribution in [0.2, 0.25) is 0 Å². The zero-order chi connectivity index (χ0) is 10.1. The minimum absolute atomic E-state index is 0.00866. The molecule has 1 amide bonds. The molecule has 0 fully saturated rings. The van der Waals surface area contributed by atoms with Crippen LogP contribution in [0, 0.1) is 11.3 Å². The molecule has 1 atom stereocenters. The smallest absolute Gasteiger partial charge is 0.221 e. The fourth-order valence-electron chi connectivity index (χ4n) is 0.946. The number of carbonyl (C=O) groups excluding carboxylic acids is 1. The van der Waals surface area contributed by atoms with Gasteiger partial charge in [-0.05, 0) is 13.5 Å². The molecule has 1 unspecified atom stereocenters. The maximum absolute atomic E-state index is 11.2. The number of rotatable bonds is 6. The lowest BCUT2D eigenvalue weighted by Crippen LogP contribution is -2.35. The standard InChI is InChI=1S/C9H17N3O/c1-3-8(4-6-10)12-9(13)5-7-11-2/h8,11H,3-5,7H2,1-2H3,(H,12,13). The molecule has 4 heteroatoms. The van der Waals surface area contributed by atoms with Gasteiger partial charge >= 0.3 is 0 Å². The summed E-state index contributed by atoms with van der Waals surface area (Å²) in [5, 5.41) is 14.1. The van der Waals surface area contributed by atoms with E-state index in [9.17, 15) is 4.79 Å². The van der Waals surface area contributed by atoms with Crippen molar-refractivity contribution < 1.29 is 4.79 Å². The summed E-state index contributed by atoms with van der Waals surface area (Å²) in [6, 6.07) is 2.06. The monoisotopic (exact) mass is 183 g/mol. The lowest BCUT2D eigenvalue weighted by atomic mass is 10.1. The number of amides is 1. The summed E-state index contributed by atoms with van der Waals surface area (Å²) < 4.78 is 0. The van der Waals surface area contributed by atoms with Crippen LogP contribution in [0.25, 0.3) is 0 Å². The van der Waals surface area contributed by atoms with Gasteiger partial charge in [-0.25, -0.2) is 0 Å². The molecule has 0 aromatic heterocycles. The minimum Gasteiger partial charge on any atom is -0.352 e. The third kappa shape index (κ3) is 6.12. The quantitative estimate of drug-likeness (QED) is 0.626. The Hall–Kier alpha value is -1.08. The second-order valence-corrected chi connectivity index (χ2v) is 2.89. The highest BCUT2D eigenvalue weighted by molar-refractivity contribution is 5.76. The molecule has 0 aliphatic rings. The van der Waals surface area contributed by atoms with Crippen LogP contribution in [0.3, 0.4) is 0 Å². The molecule has 0 bridgehead atoms. The van der Waals surface area contributed by atoms with Gasteiger partial charge in [-0.1, -0.05) is 6.92 Å². The average molecular weight is 183 g/mol. The number of nitrogens with one attached hydrogen (secondary N) is 2. The number of hydrogen-bond donors (Lipinski definition) is 2. The van der Waals surface area contributed by atoms with Crippen molar-refractivity contribution in [2.24, 2.45) is 0 Å². The molecule has 0 radical (unpaired) electrons. The number of nitrogens with zero attached hydrogens (tertiary/aromatic N) is 1. The predicted molar refractivity (Wildman–Crippen MR) is 51.0 cm³/mol. The third-order valence-electron chi connectivity index (χ3n) is 1.80. The van der Waals surface area contributed by atoms with Crippen molar-refractivity contribution in [1.29, 1.82) is 5.26 Å². The van der Waals surface area contributed by atoms with E-state index in [2.05, 4.69) is 10.6 Å². The Bertz CT molecular complexity index is 186. The maximum atomic E-state index is 11.2. The van der Waals surface area contributed by atoms with Crippen molar-refractivity contribution >= 4 is 5.91 Å². The van der Waals surface area contributed by atoms with E-state index in [4.69, 9.17) is 5.26 Å². The topological polar surface area (TPSA) is 64.9 Å². The molecule has 2 N–H and O–H groups in total. The molecule has 0 heterocycles. The summed E-state index contributed by atoms with van der Waals surface area (Å²) in [6.45, 7) is 2.63. The van der Waals surface area contributed by atoms with Crippen molar-refractivity contribution in [3.8, 4) is 6.07 Å². The van der Waals surface area contributed by atoms with Crippen molar-refractivity contribution in [2.75, 3.05) is 13.6 Å². The molecule has 0 saturated carbocycles. The molecule has 74 valence electrons. The van der Waals surface area contributed by atoms with E-state index in [1.807, 2.05) is 13.0 Å². The van der Waals surface area contributed by atoms with Crippen LogP contribution in [0.15, 0.2) is 0 Å². The van der Waals surface area contributed by atoms with Gasteiger partial charge in [0.2, 0.25) is 5.91 Å². The number of hydrogen-bond acceptors (Lipinski definition) is 3. The second-order valence-electron chi connectivity index (χ2n) is 2.89. The molecule has 0 aromatic carbocycles. The lowest BCUT2D eigenvalue weighted by Gasteiger charge is -2.12. The van der Waals surface area contributed by atoms with E-state index < -0.39 is 0 Å². The summed E-state index contributed by atoms with van der Waals surface area (Å²) in [5.41, 5.74) is 0. The van der Waals surface area contributed by atoms with Crippen molar-refractivity contribution in [1.82, 2.24) is 10.6 Å². The molecule has 0 spiro atoms. The molecule has 0 saturated heterocycles. The molecule has 0 aliphatic heterocycles. The highest BCUT2D eigenvalue weighted by atomic mass is 16.1. The Morgan fingerprint density at radius 2 is 2.31 bits per heavy atom. The highest BCUT2D eigenvalue weighted by Gasteiger charge is 2.08. The summed E-state index contributed by atoms with van der Waals surface area (Å²) in [6.07, 6.45) is 1.67. The van der Waals surface area contributed by atoms with E-state index in [-0.39, 0.29) is 11.9 Å². The van der Waals surface area contributed by atoms with Crippen LogP contribution in [-0.4, -0.2) is 25.5 Å². The summed E-state index contributed by atoms with van der Waals surface area (Å²) in [7, 11) is 1.81. The molecule has 4 nitrogen and oxygen atoms in total. The number of carbonyl (C=O) groups is 1. The molecular formula is C9H17N3O. The summed E-state index contributed by atoms with van der Waals surface area (Å²) >= 11 is 0. The zero-order valence-electron chi connectivity index (χ0n) is 8.26. The first-order valence-electron chi connectivity index (χ1n) is 4.55. The molecule has 0 aromatic rings.